The number of aromatic carboxylic acids is 1. The monoisotopic (exact) mass is 259 g/mol. The van der Waals surface area contributed by atoms with Crippen molar-refractivity contribution < 1.29 is 19.1 Å². The maximum Gasteiger partial charge on any atom is 0.371 e. The molecule has 0 aliphatic heterocycles. The summed E-state index contributed by atoms with van der Waals surface area (Å²) in [5.41, 5.74) is 1.47. The number of aryl methyl sites for hydroxylation is 1. The molecular formula is C14H13NO4. The first-order chi connectivity index (χ1) is 9.08. The Morgan fingerprint density at radius 3 is 2.58 bits per heavy atom. The van der Waals surface area contributed by atoms with Gasteiger partial charge in [0, 0.05) is 5.56 Å². The van der Waals surface area contributed by atoms with Gasteiger partial charge in [-0.05, 0) is 30.7 Å². The molecule has 1 aromatic heterocycles. The molecule has 0 bridgehead atoms. The second kappa shape index (κ2) is 5.39. The van der Waals surface area contributed by atoms with Gasteiger partial charge in [0.1, 0.15) is 5.76 Å². The fourth-order valence-electron chi connectivity index (χ4n) is 1.68. The minimum Gasteiger partial charge on any atom is -0.475 e. The Hall–Kier alpha value is -2.56. The number of hydrogen-bond acceptors (Lipinski definition) is 3. The third-order valence-corrected chi connectivity index (χ3v) is 2.69. The number of furan rings is 1. The van der Waals surface area contributed by atoms with Crippen LogP contribution in [0, 0.1) is 6.92 Å². The van der Waals surface area contributed by atoms with Crippen molar-refractivity contribution in [3.05, 3.63) is 59.0 Å². The molecule has 0 saturated heterocycles. The van der Waals surface area contributed by atoms with Gasteiger partial charge in [-0.1, -0.05) is 18.2 Å². The number of benzene rings is 1. The number of carbonyl (C=O) groups is 2. The molecule has 19 heavy (non-hydrogen) atoms. The van der Waals surface area contributed by atoms with Crippen LogP contribution in [0.15, 0.2) is 40.8 Å². The van der Waals surface area contributed by atoms with Gasteiger partial charge in [0.15, 0.2) is 0 Å². The first-order valence-corrected chi connectivity index (χ1v) is 5.74. The minimum absolute atomic E-state index is 0.139. The Labute approximate surface area is 109 Å². The number of amides is 1. The molecule has 0 aliphatic rings. The van der Waals surface area contributed by atoms with E-state index in [0.29, 0.717) is 11.3 Å². The topological polar surface area (TPSA) is 79.5 Å². The fourth-order valence-corrected chi connectivity index (χ4v) is 1.68. The Morgan fingerprint density at radius 2 is 1.95 bits per heavy atom. The summed E-state index contributed by atoms with van der Waals surface area (Å²) >= 11 is 0. The van der Waals surface area contributed by atoms with E-state index in [9.17, 15) is 9.59 Å². The average molecular weight is 259 g/mol. The molecule has 2 N–H and O–H groups in total. The summed E-state index contributed by atoms with van der Waals surface area (Å²) in [6.45, 7) is 2.00. The summed E-state index contributed by atoms with van der Waals surface area (Å²) in [5, 5.41) is 11.4. The van der Waals surface area contributed by atoms with Gasteiger partial charge in [0.2, 0.25) is 5.76 Å². The van der Waals surface area contributed by atoms with E-state index in [1.165, 1.54) is 12.1 Å². The molecule has 2 aromatic rings. The predicted molar refractivity (Wildman–Crippen MR) is 68.0 cm³/mol. The molecule has 0 saturated carbocycles. The Balaban J connectivity index is 2.00. The summed E-state index contributed by atoms with van der Waals surface area (Å²) in [4.78, 5) is 22.5. The summed E-state index contributed by atoms with van der Waals surface area (Å²) < 4.78 is 5.05. The number of carbonyl (C=O) groups excluding carboxylic acids is 1. The molecule has 5 heteroatoms. The molecule has 0 radical (unpaired) electrons. The maximum absolute atomic E-state index is 11.9. The van der Waals surface area contributed by atoms with E-state index in [2.05, 4.69) is 5.32 Å². The number of carboxylic acids is 1. The zero-order valence-electron chi connectivity index (χ0n) is 10.3. The minimum atomic E-state index is -1.13. The molecule has 0 unspecified atom stereocenters. The lowest BCUT2D eigenvalue weighted by atomic mass is 10.1. The lowest BCUT2D eigenvalue weighted by Gasteiger charge is -2.05. The molecule has 0 spiro atoms. The van der Waals surface area contributed by atoms with Crippen molar-refractivity contribution in [2.24, 2.45) is 0 Å². The molecule has 0 aliphatic carbocycles. The summed E-state index contributed by atoms with van der Waals surface area (Å²) in [6.07, 6.45) is 0. The highest BCUT2D eigenvalue weighted by Gasteiger charge is 2.11. The van der Waals surface area contributed by atoms with Crippen LogP contribution in [0.4, 0.5) is 0 Å². The van der Waals surface area contributed by atoms with Gasteiger partial charge in [0.05, 0.1) is 6.54 Å². The van der Waals surface area contributed by atoms with Gasteiger partial charge in [-0.3, -0.25) is 4.79 Å². The largest absolute Gasteiger partial charge is 0.475 e. The SMILES string of the molecule is Cc1ccccc1C(=O)NCc1ccc(C(=O)O)o1. The van der Waals surface area contributed by atoms with Crippen LogP contribution in [0.2, 0.25) is 0 Å². The standard InChI is InChI=1S/C14H13NO4/c1-9-4-2-3-5-11(9)13(16)15-8-10-6-7-12(19-10)14(17)18/h2-7H,8H2,1H3,(H,15,16)(H,17,18). The van der Waals surface area contributed by atoms with Gasteiger partial charge in [-0.15, -0.1) is 0 Å². The molecule has 2 rings (SSSR count). The van der Waals surface area contributed by atoms with Crippen molar-refractivity contribution >= 4 is 11.9 Å². The highest BCUT2D eigenvalue weighted by Crippen LogP contribution is 2.09. The Kier molecular flexibility index (Phi) is 3.66. The molecule has 0 fully saturated rings. The van der Waals surface area contributed by atoms with Crippen LogP contribution in [0.3, 0.4) is 0 Å². The van der Waals surface area contributed by atoms with E-state index in [1.807, 2.05) is 19.1 Å². The highest BCUT2D eigenvalue weighted by atomic mass is 16.4. The van der Waals surface area contributed by atoms with Crippen LogP contribution in [-0.4, -0.2) is 17.0 Å². The number of nitrogens with one attached hydrogen (secondary N) is 1. The van der Waals surface area contributed by atoms with Gasteiger partial charge in [0.25, 0.3) is 5.91 Å². The number of rotatable bonds is 4. The van der Waals surface area contributed by atoms with Crippen LogP contribution in [0.25, 0.3) is 0 Å². The molecule has 1 amide bonds. The summed E-state index contributed by atoms with van der Waals surface area (Å²) in [6, 6.07) is 10.1. The summed E-state index contributed by atoms with van der Waals surface area (Å²) in [5.74, 6) is -1.08. The quantitative estimate of drug-likeness (QED) is 0.882. The van der Waals surface area contributed by atoms with Crippen LogP contribution in [0.5, 0.6) is 0 Å². The second-order valence-corrected chi connectivity index (χ2v) is 4.07. The fraction of sp³-hybridized carbons (Fsp3) is 0.143. The van der Waals surface area contributed by atoms with Crippen molar-refractivity contribution in [2.45, 2.75) is 13.5 Å². The number of hydrogen-bond donors (Lipinski definition) is 2. The van der Waals surface area contributed by atoms with E-state index in [1.54, 1.807) is 12.1 Å². The van der Waals surface area contributed by atoms with E-state index >= 15 is 0 Å². The third-order valence-electron chi connectivity index (χ3n) is 2.69. The van der Waals surface area contributed by atoms with Crippen molar-refractivity contribution in [1.82, 2.24) is 5.32 Å². The zero-order chi connectivity index (χ0) is 13.8. The van der Waals surface area contributed by atoms with E-state index < -0.39 is 5.97 Å². The zero-order valence-corrected chi connectivity index (χ0v) is 10.3. The van der Waals surface area contributed by atoms with Gasteiger partial charge >= 0.3 is 5.97 Å². The molecule has 1 heterocycles. The lowest BCUT2D eigenvalue weighted by molar-refractivity contribution is 0.0660. The van der Waals surface area contributed by atoms with E-state index in [4.69, 9.17) is 9.52 Å². The molecule has 5 nitrogen and oxygen atoms in total. The first kappa shape index (κ1) is 12.9. The van der Waals surface area contributed by atoms with E-state index in [-0.39, 0.29) is 18.2 Å². The average Bonchev–Trinajstić information content (AvgIpc) is 2.85. The highest BCUT2D eigenvalue weighted by molar-refractivity contribution is 5.95. The second-order valence-electron chi connectivity index (χ2n) is 4.07. The first-order valence-electron chi connectivity index (χ1n) is 5.74. The Bertz CT molecular complexity index is 615. The number of carboxylic acid groups (broad SMARTS) is 1. The van der Waals surface area contributed by atoms with Crippen molar-refractivity contribution in [2.75, 3.05) is 0 Å². The van der Waals surface area contributed by atoms with Gasteiger partial charge < -0.3 is 14.8 Å². The van der Waals surface area contributed by atoms with Crippen LogP contribution in [0.1, 0.15) is 32.2 Å². The van der Waals surface area contributed by atoms with Crippen molar-refractivity contribution in [3.63, 3.8) is 0 Å². The summed E-state index contributed by atoms with van der Waals surface area (Å²) in [7, 11) is 0. The molecule has 98 valence electrons. The van der Waals surface area contributed by atoms with Crippen LogP contribution in [-0.2, 0) is 6.54 Å². The normalized spacial score (nSPS) is 10.2. The third kappa shape index (κ3) is 3.01. The lowest BCUT2D eigenvalue weighted by Crippen LogP contribution is -2.23. The molecule has 0 atom stereocenters. The van der Waals surface area contributed by atoms with Crippen LogP contribution >= 0.6 is 0 Å². The predicted octanol–water partition coefficient (Wildman–Crippen LogP) is 2.22. The maximum atomic E-state index is 11.9. The van der Waals surface area contributed by atoms with Gasteiger partial charge in [-0.25, -0.2) is 4.79 Å². The van der Waals surface area contributed by atoms with E-state index in [0.717, 1.165) is 5.56 Å². The molecular weight excluding hydrogens is 246 g/mol. The smallest absolute Gasteiger partial charge is 0.371 e. The molecule has 1 aromatic carbocycles. The van der Waals surface area contributed by atoms with Crippen molar-refractivity contribution in [3.8, 4) is 0 Å². The van der Waals surface area contributed by atoms with Crippen LogP contribution < -0.4 is 5.32 Å². The Morgan fingerprint density at radius 1 is 1.21 bits per heavy atom. The van der Waals surface area contributed by atoms with Crippen molar-refractivity contribution in [1.29, 1.82) is 0 Å². The van der Waals surface area contributed by atoms with Gasteiger partial charge in [-0.2, -0.15) is 0 Å².